The van der Waals surface area contributed by atoms with Gasteiger partial charge in [0.1, 0.15) is 10.6 Å². The lowest BCUT2D eigenvalue weighted by molar-refractivity contribution is -0.114. The van der Waals surface area contributed by atoms with Crippen LogP contribution in [-0.4, -0.2) is 31.8 Å². The second-order valence-corrected chi connectivity index (χ2v) is 9.25. The maximum atomic E-state index is 11.8. The molecule has 0 aromatic heterocycles. The Kier molecular flexibility index (Phi) is 5.78. The Bertz CT molecular complexity index is 1450. The van der Waals surface area contributed by atoms with Crippen LogP contribution in [0.15, 0.2) is 68.6 Å². The van der Waals surface area contributed by atoms with Crippen LogP contribution in [0, 0.1) is 0 Å². The van der Waals surface area contributed by atoms with E-state index in [0.717, 1.165) is 6.07 Å². The minimum Gasteiger partial charge on any atom is -0.399 e. The number of carbonyl (C=O) groups is 1. The molecule has 0 aliphatic heterocycles. The van der Waals surface area contributed by atoms with E-state index in [1.54, 1.807) is 6.07 Å². The number of nitrogens with one attached hydrogen (secondary N) is 1. The van der Waals surface area contributed by atoms with Crippen LogP contribution in [-0.2, 0) is 25.0 Å². The third kappa shape index (κ3) is 5.21. The number of carbonyl (C=O) groups excluding carboxylic acids is 1. The molecule has 3 aromatic rings. The molecule has 3 rings (SSSR count). The van der Waals surface area contributed by atoms with Crippen LogP contribution >= 0.6 is 0 Å². The van der Waals surface area contributed by atoms with Crippen molar-refractivity contribution in [1.82, 2.24) is 0 Å². The molecule has 0 bridgehead atoms. The summed E-state index contributed by atoms with van der Waals surface area (Å²) in [6.45, 7) is 1.31. The fourth-order valence-electron chi connectivity index (χ4n) is 2.75. The zero-order valence-corrected chi connectivity index (χ0v) is 17.5. The van der Waals surface area contributed by atoms with Gasteiger partial charge in [0.05, 0.1) is 16.3 Å². The minimum atomic E-state index is -4.83. The van der Waals surface area contributed by atoms with Gasteiger partial charge in [-0.1, -0.05) is 6.07 Å². The highest BCUT2D eigenvalue weighted by molar-refractivity contribution is 7.86. The third-order valence-electron chi connectivity index (χ3n) is 4.05. The number of hydrogen-bond acceptors (Lipinski definition) is 8. The van der Waals surface area contributed by atoms with Crippen LogP contribution in [0.3, 0.4) is 0 Å². The highest BCUT2D eigenvalue weighted by atomic mass is 32.2. The van der Waals surface area contributed by atoms with Gasteiger partial charge in [0.25, 0.3) is 20.2 Å². The molecular formula is C18H16N4O7S2. The summed E-state index contributed by atoms with van der Waals surface area (Å²) >= 11 is 0. The zero-order valence-electron chi connectivity index (χ0n) is 15.8. The summed E-state index contributed by atoms with van der Waals surface area (Å²) in [6, 6.07) is 10.3. The Morgan fingerprint density at radius 1 is 0.935 bits per heavy atom. The first kappa shape index (κ1) is 22.3. The van der Waals surface area contributed by atoms with E-state index >= 15 is 0 Å². The molecule has 0 radical (unpaired) electrons. The van der Waals surface area contributed by atoms with Crippen molar-refractivity contribution in [1.29, 1.82) is 0 Å². The number of nitrogens with zero attached hydrogens (tertiary/aromatic N) is 2. The molecule has 0 unspecified atom stereocenters. The summed E-state index contributed by atoms with van der Waals surface area (Å²) < 4.78 is 65.1. The number of azo groups is 1. The maximum Gasteiger partial charge on any atom is 0.295 e. The largest absolute Gasteiger partial charge is 0.399 e. The number of benzene rings is 3. The molecule has 5 N–H and O–H groups in total. The van der Waals surface area contributed by atoms with Gasteiger partial charge in [-0.15, -0.1) is 5.11 Å². The molecule has 3 aromatic carbocycles. The Hall–Kier alpha value is -3.39. The van der Waals surface area contributed by atoms with E-state index < -0.39 is 30.0 Å². The highest BCUT2D eigenvalue weighted by Gasteiger charge is 2.20. The lowest BCUT2D eigenvalue weighted by atomic mass is 10.1. The van der Waals surface area contributed by atoms with Crippen LogP contribution in [0.4, 0.5) is 22.7 Å². The number of nitrogen functional groups attached to an aromatic ring is 1. The molecule has 0 saturated carbocycles. The summed E-state index contributed by atoms with van der Waals surface area (Å²) in [4.78, 5) is 9.95. The van der Waals surface area contributed by atoms with Crippen LogP contribution in [0.5, 0.6) is 0 Å². The standard InChI is InChI=1S/C18H16N4O7S2/c1-10(23)20-17-7-12(19)3-5-16(17)22-21-13-4-2-11-6-14(30(24,25)26)9-18(15(11)8-13)31(27,28)29/h2-9H,19H2,1H3,(H,20,23)(H,24,25,26)(H,27,28,29). The zero-order chi connectivity index (χ0) is 23.0. The smallest absolute Gasteiger partial charge is 0.295 e. The average molecular weight is 464 g/mol. The summed E-state index contributed by atoms with van der Waals surface area (Å²) in [5, 5.41) is 10.7. The second kappa shape index (κ2) is 8.03. The second-order valence-electron chi connectivity index (χ2n) is 6.43. The van der Waals surface area contributed by atoms with Gasteiger partial charge in [-0.25, -0.2) is 0 Å². The van der Waals surface area contributed by atoms with Crippen molar-refractivity contribution in [2.24, 2.45) is 10.2 Å². The topological polar surface area (TPSA) is 189 Å². The van der Waals surface area contributed by atoms with Crippen LogP contribution < -0.4 is 11.1 Å². The Balaban J connectivity index is 2.13. The van der Waals surface area contributed by atoms with Gasteiger partial charge in [0.2, 0.25) is 5.91 Å². The molecule has 31 heavy (non-hydrogen) atoms. The van der Waals surface area contributed by atoms with Gasteiger partial charge in [0.15, 0.2) is 0 Å². The van der Waals surface area contributed by atoms with Crippen molar-refractivity contribution >= 4 is 59.7 Å². The molecule has 0 spiro atoms. The van der Waals surface area contributed by atoms with Crippen molar-refractivity contribution < 1.29 is 30.7 Å². The van der Waals surface area contributed by atoms with Gasteiger partial charge >= 0.3 is 0 Å². The predicted octanol–water partition coefficient (Wildman–Crippen LogP) is 3.29. The third-order valence-corrected chi connectivity index (χ3v) is 5.78. The number of nitrogens with two attached hydrogens (primary N) is 1. The van der Waals surface area contributed by atoms with Crippen LogP contribution in [0.1, 0.15) is 6.92 Å². The van der Waals surface area contributed by atoms with Gasteiger partial charge in [0, 0.05) is 18.0 Å². The van der Waals surface area contributed by atoms with E-state index in [1.165, 1.54) is 37.3 Å². The van der Waals surface area contributed by atoms with Crippen LogP contribution in [0.2, 0.25) is 0 Å². The van der Waals surface area contributed by atoms with Crippen molar-refractivity contribution in [3.05, 3.63) is 48.5 Å². The predicted molar refractivity (Wildman–Crippen MR) is 113 cm³/mol. The van der Waals surface area contributed by atoms with E-state index in [4.69, 9.17) is 5.73 Å². The monoisotopic (exact) mass is 464 g/mol. The fourth-order valence-corrected chi connectivity index (χ4v) is 4.10. The van der Waals surface area contributed by atoms with Crippen molar-refractivity contribution in [3.8, 4) is 0 Å². The lowest BCUT2D eigenvalue weighted by Gasteiger charge is -2.08. The van der Waals surface area contributed by atoms with Gasteiger partial charge in [-0.3, -0.25) is 13.9 Å². The summed E-state index contributed by atoms with van der Waals surface area (Å²) in [5.74, 6) is -0.347. The average Bonchev–Trinajstić information content (AvgIpc) is 2.64. The number of rotatable bonds is 5. The van der Waals surface area contributed by atoms with Gasteiger partial charge < -0.3 is 11.1 Å². The van der Waals surface area contributed by atoms with Crippen molar-refractivity contribution in [2.45, 2.75) is 16.7 Å². The van der Waals surface area contributed by atoms with E-state index in [9.17, 15) is 30.7 Å². The first-order valence-corrected chi connectivity index (χ1v) is 11.3. The Morgan fingerprint density at radius 2 is 1.65 bits per heavy atom. The molecule has 0 saturated heterocycles. The lowest BCUT2D eigenvalue weighted by Crippen LogP contribution is -2.06. The normalized spacial score (nSPS) is 12.4. The quantitative estimate of drug-likeness (QED) is 0.251. The van der Waals surface area contributed by atoms with Crippen molar-refractivity contribution in [3.63, 3.8) is 0 Å². The Labute approximate surface area is 177 Å². The summed E-state index contributed by atoms with van der Waals surface area (Å²) in [5.41, 5.74) is 6.86. The fraction of sp³-hybridized carbons (Fsp3) is 0.0556. The number of anilines is 2. The molecule has 11 nitrogen and oxygen atoms in total. The molecule has 0 aliphatic rings. The molecule has 0 aliphatic carbocycles. The van der Waals surface area contributed by atoms with E-state index in [2.05, 4.69) is 15.5 Å². The first-order valence-electron chi connectivity index (χ1n) is 8.46. The number of fused-ring (bicyclic) bond motifs is 1. The summed E-state index contributed by atoms with van der Waals surface area (Å²) in [7, 11) is -9.54. The molecule has 0 fully saturated rings. The number of hydrogen-bond donors (Lipinski definition) is 4. The van der Waals surface area contributed by atoms with Crippen LogP contribution in [0.25, 0.3) is 10.8 Å². The van der Waals surface area contributed by atoms with Gasteiger partial charge in [-0.2, -0.15) is 21.9 Å². The molecule has 0 heterocycles. The first-order chi connectivity index (χ1) is 14.3. The summed E-state index contributed by atoms with van der Waals surface area (Å²) in [6.07, 6.45) is 0. The Morgan fingerprint density at radius 3 is 2.26 bits per heavy atom. The molecule has 0 atom stereocenters. The van der Waals surface area contributed by atoms with Crippen molar-refractivity contribution in [2.75, 3.05) is 11.1 Å². The van der Waals surface area contributed by atoms with E-state index in [0.29, 0.717) is 17.4 Å². The molecular weight excluding hydrogens is 448 g/mol. The number of amides is 1. The molecule has 1 amide bonds. The highest BCUT2D eigenvalue weighted by Crippen LogP contribution is 2.33. The van der Waals surface area contributed by atoms with E-state index in [1.807, 2.05) is 0 Å². The molecule has 162 valence electrons. The van der Waals surface area contributed by atoms with E-state index in [-0.39, 0.29) is 28.1 Å². The van der Waals surface area contributed by atoms with Gasteiger partial charge in [-0.05, 0) is 47.9 Å². The maximum absolute atomic E-state index is 11.8. The minimum absolute atomic E-state index is 0.0364. The SMILES string of the molecule is CC(=O)Nc1cc(N)ccc1N=Nc1ccc2cc(S(=O)(=O)O)cc(S(=O)(=O)O)c2c1. The molecule has 13 heteroatoms.